The van der Waals surface area contributed by atoms with Crippen molar-refractivity contribution < 1.29 is 14.7 Å². The van der Waals surface area contributed by atoms with Crippen molar-refractivity contribution in [2.75, 3.05) is 18.1 Å². The van der Waals surface area contributed by atoms with Crippen LogP contribution in [0.1, 0.15) is 5.56 Å². The molecule has 1 amide bonds. The van der Waals surface area contributed by atoms with E-state index in [0.717, 1.165) is 11.1 Å². The lowest BCUT2D eigenvalue weighted by molar-refractivity contribution is -0.133. The van der Waals surface area contributed by atoms with Gasteiger partial charge in [0, 0.05) is 17.9 Å². The van der Waals surface area contributed by atoms with Crippen LogP contribution in [-0.2, 0) is 16.1 Å². The number of hydrogen-bond acceptors (Lipinski definition) is 6. The molecule has 0 spiro atoms. The van der Waals surface area contributed by atoms with E-state index in [0.29, 0.717) is 18.1 Å². The first kappa shape index (κ1) is 16.9. The molecule has 0 atom stereocenters. The van der Waals surface area contributed by atoms with Gasteiger partial charge in [0.25, 0.3) is 0 Å². The van der Waals surface area contributed by atoms with Crippen LogP contribution in [0.4, 0.5) is 0 Å². The van der Waals surface area contributed by atoms with Gasteiger partial charge in [-0.05, 0) is 12.1 Å². The number of carboxylic acids is 1. The quantitative estimate of drug-likeness (QED) is 0.679. The van der Waals surface area contributed by atoms with Crippen molar-refractivity contribution in [2.24, 2.45) is 0 Å². The Kier molecular flexibility index (Phi) is 6.10. The van der Waals surface area contributed by atoms with Crippen molar-refractivity contribution in [3.8, 4) is 11.4 Å². The smallest absolute Gasteiger partial charge is 0.313 e. The SMILES string of the molecule is Cc1ccc(-c2nnn(CC(=O)NCCSCC(=O)O)n2)cc1. The summed E-state index contributed by atoms with van der Waals surface area (Å²) in [7, 11) is 0. The van der Waals surface area contributed by atoms with Crippen molar-refractivity contribution in [1.82, 2.24) is 25.5 Å². The number of rotatable bonds is 8. The van der Waals surface area contributed by atoms with E-state index < -0.39 is 5.97 Å². The Morgan fingerprint density at radius 3 is 2.74 bits per heavy atom. The first-order chi connectivity index (χ1) is 11.0. The fraction of sp³-hybridized carbons (Fsp3) is 0.357. The predicted molar refractivity (Wildman–Crippen MR) is 86.0 cm³/mol. The van der Waals surface area contributed by atoms with Crippen molar-refractivity contribution >= 4 is 23.6 Å². The second kappa shape index (κ2) is 8.28. The highest BCUT2D eigenvalue weighted by molar-refractivity contribution is 7.99. The summed E-state index contributed by atoms with van der Waals surface area (Å²) < 4.78 is 0. The summed E-state index contributed by atoms with van der Waals surface area (Å²) in [6.45, 7) is 2.37. The third-order valence-corrected chi connectivity index (χ3v) is 3.79. The normalized spacial score (nSPS) is 10.5. The van der Waals surface area contributed by atoms with Crippen molar-refractivity contribution in [3.05, 3.63) is 29.8 Å². The molecule has 0 aliphatic heterocycles. The Labute approximate surface area is 137 Å². The van der Waals surface area contributed by atoms with Gasteiger partial charge in [0.2, 0.25) is 11.7 Å². The molecular formula is C14H17N5O3S. The molecule has 9 heteroatoms. The van der Waals surface area contributed by atoms with E-state index in [1.165, 1.54) is 16.6 Å². The number of amides is 1. The second-order valence-electron chi connectivity index (χ2n) is 4.81. The van der Waals surface area contributed by atoms with Gasteiger partial charge < -0.3 is 10.4 Å². The highest BCUT2D eigenvalue weighted by Gasteiger charge is 2.09. The van der Waals surface area contributed by atoms with Crippen LogP contribution in [0.2, 0.25) is 0 Å². The number of carbonyl (C=O) groups excluding carboxylic acids is 1. The number of nitrogens with zero attached hydrogens (tertiary/aromatic N) is 4. The zero-order chi connectivity index (χ0) is 16.7. The van der Waals surface area contributed by atoms with E-state index in [1.54, 1.807) is 0 Å². The van der Waals surface area contributed by atoms with Gasteiger partial charge in [-0.3, -0.25) is 9.59 Å². The van der Waals surface area contributed by atoms with Gasteiger partial charge >= 0.3 is 5.97 Å². The van der Waals surface area contributed by atoms with E-state index in [2.05, 4.69) is 20.7 Å². The largest absolute Gasteiger partial charge is 0.481 e. The van der Waals surface area contributed by atoms with E-state index in [-0.39, 0.29) is 18.2 Å². The molecule has 0 bridgehead atoms. The molecule has 0 unspecified atom stereocenters. The molecule has 1 aromatic carbocycles. The minimum atomic E-state index is -0.864. The number of aryl methyl sites for hydroxylation is 1. The molecule has 122 valence electrons. The zero-order valence-corrected chi connectivity index (χ0v) is 13.4. The maximum atomic E-state index is 11.7. The lowest BCUT2D eigenvalue weighted by atomic mass is 10.1. The van der Waals surface area contributed by atoms with E-state index in [9.17, 15) is 9.59 Å². The minimum Gasteiger partial charge on any atom is -0.481 e. The molecule has 0 radical (unpaired) electrons. The van der Waals surface area contributed by atoms with Gasteiger partial charge in [-0.2, -0.15) is 4.80 Å². The Morgan fingerprint density at radius 2 is 2.04 bits per heavy atom. The predicted octanol–water partition coefficient (Wildman–Crippen LogP) is 0.583. The third kappa shape index (κ3) is 5.70. The molecule has 23 heavy (non-hydrogen) atoms. The van der Waals surface area contributed by atoms with Crippen molar-refractivity contribution in [2.45, 2.75) is 13.5 Å². The van der Waals surface area contributed by atoms with Crippen molar-refractivity contribution in [1.29, 1.82) is 0 Å². The summed E-state index contributed by atoms with van der Waals surface area (Å²) in [5.41, 5.74) is 1.98. The molecule has 1 aromatic heterocycles. The van der Waals surface area contributed by atoms with Crippen LogP contribution in [0.25, 0.3) is 11.4 Å². The van der Waals surface area contributed by atoms with Gasteiger partial charge in [0.15, 0.2) is 0 Å². The number of carboxylic acid groups (broad SMARTS) is 1. The highest BCUT2D eigenvalue weighted by Crippen LogP contribution is 2.13. The number of carbonyl (C=O) groups is 2. The number of hydrogen-bond donors (Lipinski definition) is 2. The first-order valence-electron chi connectivity index (χ1n) is 6.95. The van der Waals surface area contributed by atoms with Crippen molar-refractivity contribution in [3.63, 3.8) is 0 Å². The van der Waals surface area contributed by atoms with Gasteiger partial charge in [0.1, 0.15) is 6.54 Å². The summed E-state index contributed by atoms with van der Waals surface area (Å²) in [4.78, 5) is 23.3. The molecule has 0 fully saturated rings. The molecule has 2 aromatic rings. The molecule has 8 nitrogen and oxygen atoms in total. The standard InChI is InChI=1S/C14H17N5O3S/c1-10-2-4-11(5-3-10)14-16-18-19(17-14)8-12(20)15-6-7-23-9-13(21)22/h2-5H,6-9H2,1H3,(H,15,20)(H,21,22). The topological polar surface area (TPSA) is 110 Å². The van der Waals surface area contributed by atoms with E-state index in [4.69, 9.17) is 5.11 Å². The van der Waals surface area contributed by atoms with Crippen LogP contribution in [0.15, 0.2) is 24.3 Å². The molecule has 0 saturated heterocycles. The molecule has 0 aliphatic rings. The Bertz CT molecular complexity index is 671. The Balaban J connectivity index is 1.78. The number of aliphatic carboxylic acids is 1. The van der Waals surface area contributed by atoms with Gasteiger partial charge in [-0.25, -0.2) is 0 Å². The number of nitrogens with one attached hydrogen (secondary N) is 1. The average Bonchev–Trinajstić information content (AvgIpc) is 2.95. The van der Waals surface area contributed by atoms with E-state index >= 15 is 0 Å². The first-order valence-corrected chi connectivity index (χ1v) is 8.11. The van der Waals surface area contributed by atoms with Crippen LogP contribution >= 0.6 is 11.8 Å². The molecular weight excluding hydrogens is 318 g/mol. The van der Waals surface area contributed by atoms with Crippen LogP contribution in [-0.4, -0.2) is 55.2 Å². The molecule has 0 saturated carbocycles. The van der Waals surface area contributed by atoms with Gasteiger partial charge in [-0.15, -0.1) is 22.0 Å². The van der Waals surface area contributed by atoms with Gasteiger partial charge in [0.05, 0.1) is 5.75 Å². The number of aromatic nitrogens is 4. The van der Waals surface area contributed by atoms with Crippen LogP contribution < -0.4 is 5.32 Å². The highest BCUT2D eigenvalue weighted by atomic mass is 32.2. The second-order valence-corrected chi connectivity index (χ2v) is 5.91. The molecule has 2 rings (SSSR count). The fourth-order valence-corrected chi connectivity index (χ4v) is 2.30. The third-order valence-electron chi connectivity index (χ3n) is 2.84. The maximum Gasteiger partial charge on any atom is 0.313 e. The van der Waals surface area contributed by atoms with Gasteiger partial charge in [-0.1, -0.05) is 29.8 Å². The maximum absolute atomic E-state index is 11.7. The summed E-state index contributed by atoms with van der Waals surface area (Å²) in [6.07, 6.45) is 0. The lowest BCUT2D eigenvalue weighted by Gasteiger charge is -2.03. The van der Waals surface area contributed by atoms with E-state index in [1.807, 2.05) is 31.2 Å². The zero-order valence-electron chi connectivity index (χ0n) is 12.6. The summed E-state index contributed by atoms with van der Waals surface area (Å²) in [5, 5.41) is 23.1. The Morgan fingerprint density at radius 1 is 1.30 bits per heavy atom. The summed E-state index contributed by atoms with van der Waals surface area (Å²) in [5.74, 6) is -0.0712. The Hall–Kier alpha value is -2.42. The molecule has 0 aliphatic carbocycles. The summed E-state index contributed by atoms with van der Waals surface area (Å²) >= 11 is 1.25. The fourth-order valence-electron chi connectivity index (χ4n) is 1.73. The molecule has 1 heterocycles. The van der Waals surface area contributed by atoms with Crippen LogP contribution in [0, 0.1) is 6.92 Å². The molecule has 2 N–H and O–H groups in total. The number of tetrazole rings is 1. The van der Waals surface area contributed by atoms with Crippen LogP contribution in [0.3, 0.4) is 0 Å². The minimum absolute atomic E-state index is 0.0253. The summed E-state index contributed by atoms with van der Waals surface area (Å²) in [6, 6.07) is 7.71. The lowest BCUT2D eigenvalue weighted by Crippen LogP contribution is -2.30. The average molecular weight is 335 g/mol. The monoisotopic (exact) mass is 335 g/mol. The number of benzene rings is 1. The number of thioether (sulfide) groups is 1. The van der Waals surface area contributed by atoms with Crippen LogP contribution in [0.5, 0.6) is 0 Å².